The van der Waals surface area contributed by atoms with Crippen LogP contribution in [0.15, 0.2) is 65.3 Å². The van der Waals surface area contributed by atoms with Crippen LogP contribution in [0.25, 0.3) is 16.5 Å². The van der Waals surface area contributed by atoms with Crippen molar-refractivity contribution in [2.45, 2.75) is 57.0 Å². The number of aliphatic hydroxyl groups is 1. The molecule has 5 rings (SSSR count). The largest absolute Gasteiger partial charge is 0.464 e. The van der Waals surface area contributed by atoms with Crippen molar-refractivity contribution in [2.75, 3.05) is 19.6 Å². The third-order valence-corrected chi connectivity index (χ3v) is 7.63. The lowest BCUT2D eigenvalue weighted by Gasteiger charge is -2.31. The summed E-state index contributed by atoms with van der Waals surface area (Å²) in [6.45, 7) is 2.52. The molecule has 2 aromatic carbocycles. The van der Waals surface area contributed by atoms with E-state index in [1.165, 1.54) is 37.3 Å². The maximum Gasteiger partial charge on any atom is 0.141 e. The van der Waals surface area contributed by atoms with Crippen molar-refractivity contribution < 1.29 is 13.9 Å². The van der Waals surface area contributed by atoms with Crippen LogP contribution in [-0.2, 0) is 0 Å². The number of aliphatic hydroxyl groups excluding tert-OH is 1. The summed E-state index contributed by atoms with van der Waals surface area (Å²) < 4.78 is 19.8. The van der Waals surface area contributed by atoms with Gasteiger partial charge in [-0.3, -0.25) is 4.90 Å². The first-order chi connectivity index (χ1) is 16.2. The number of rotatable bonds is 7. The van der Waals surface area contributed by atoms with Gasteiger partial charge in [-0.15, -0.1) is 0 Å². The summed E-state index contributed by atoms with van der Waals surface area (Å²) >= 11 is 0. The number of furan rings is 1. The molecule has 2 atom stereocenters. The third kappa shape index (κ3) is 5.07. The molecule has 1 saturated carbocycles. The van der Waals surface area contributed by atoms with Gasteiger partial charge in [0.15, 0.2) is 0 Å². The summed E-state index contributed by atoms with van der Waals surface area (Å²) in [5, 5.41) is 12.3. The zero-order valence-corrected chi connectivity index (χ0v) is 19.3. The van der Waals surface area contributed by atoms with E-state index in [-0.39, 0.29) is 17.8 Å². The first-order valence-electron chi connectivity index (χ1n) is 12.5. The molecule has 1 N–H and O–H groups in total. The van der Waals surface area contributed by atoms with Crippen LogP contribution in [0.1, 0.15) is 62.0 Å². The van der Waals surface area contributed by atoms with E-state index in [4.69, 9.17) is 4.42 Å². The van der Waals surface area contributed by atoms with E-state index in [1.807, 2.05) is 12.1 Å². The van der Waals surface area contributed by atoms with Crippen molar-refractivity contribution in [2.24, 2.45) is 5.92 Å². The molecule has 2 aliphatic rings. The summed E-state index contributed by atoms with van der Waals surface area (Å²) in [4.78, 5) is 2.39. The topological polar surface area (TPSA) is 36.6 Å². The minimum Gasteiger partial charge on any atom is -0.464 e. The zero-order chi connectivity index (χ0) is 22.6. The lowest BCUT2D eigenvalue weighted by molar-refractivity contribution is 0.0658. The molecule has 1 fully saturated rings. The quantitative estimate of drug-likeness (QED) is 0.406. The molecule has 3 aromatic rings. The Kier molecular flexibility index (Phi) is 6.93. The molecular weight excluding hydrogens is 413 g/mol. The number of halogens is 1. The molecule has 1 aliphatic carbocycles. The van der Waals surface area contributed by atoms with Crippen LogP contribution >= 0.6 is 0 Å². The zero-order valence-electron chi connectivity index (χ0n) is 19.3. The third-order valence-electron chi connectivity index (χ3n) is 7.63. The lowest BCUT2D eigenvalue weighted by atomic mass is 9.80. The molecule has 4 heteroatoms. The van der Waals surface area contributed by atoms with Crippen LogP contribution in [-0.4, -0.2) is 35.7 Å². The Morgan fingerprint density at radius 3 is 2.61 bits per heavy atom. The molecule has 2 unspecified atom stereocenters. The predicted molar refractivity (Wildman–Crippen MR) is 132 cm³/mol. The summed E-state index contributed by atoms with van der Waals surface area (Å²) in [6.07, 6.45) is 11.8. The number of fused-ring (bicyclic) bond motifs is 1. The molecule has 174 valence electrons. The van der Waals surface area contributed by atoms with Crippen LogP contribution in [0.3, 0.4) is 0 Å². The second-order valence-electron chi connectivity index (χ2n) is 9.80. The second-order valence-corrected chi connectivity index (χ2v) is 9.80. The van der Waals surface area contributed by atoms with E-state index in [2.05, 4.69) is 35.2 Å². The predicted octanol–water partition coefficient (Wildman–Crippen LogP) is 6.78. The van der Waals surface area contributed by atoms with Gasteiger partial charge in [-0.05, 0) is 61.1 Å². The summed E-state index contributed by atoms with van der Waals surface area (Å²) in [6, 6.07) is 15.5. The fourth-order valence-electron chi connectivity index (χ4n) is 5.80. The Morgan fingerprint density at radius 2 is 1.82 bits per heavy atom. The van der Waals surface area contributed by atoms with Gasteiger partial charge < -0.3 is 9.52 Å². The van der Waals surface area contributed by atoms with Gasteiger partial charge in [0.1, 0.15) is 11.4 Å². The number of hydrogen-bond acceptors (Lipinski definition) is 3. The number of hydrogen-bond donors (Lipinski definition) is 1. The molecular formula is C29H34FNO2. The lowest BCUT2D eigenvalue weighted by Crippen LogP contribution is -2.31. The molecule has 0 amide bonds. The Morgan fingerprint density at radius 1 is 1.03 bits per heavy atom. The van der Waals surface area contributed by atoms with E-state index in [1.54, 1.807) is 12.3 Å². The maximum atomic E-state index is 14.2. The molecule has 0 saturated heterocycles. The molecule has 2 heterocycles. The average Bonchev–Trinajstić information content (AvgIpc) is 3.41. The van der Waals surface area contributed by atoms with E-state index >= 15 is 0 Å². The summed E-state index contributed by atoms with van der Waals surface area (Å²) in [5.41, 5.74) is 3.98. The molecule has 33 heavy (non-hydrogen) atoms. The highest BCUT2D eigenvalue weighted by atomic mass is 19.1. The number of benzene rings is 2. The van der Waals surface area contributed by atoms with Crippen LogP contribution in [0.4, 0.5) is 4.39 Å². The molecule has 1 aromatic heterocycles. The molecule has 0 radical (unpaired) electrons. The highest BCUT2D eigenvalue weighted by Gasteiger charge is 2.30. The van der Waals surface area contributed by atoms with Crippen molar-refractivity contribution in [3.05, 3.63) is 77.8 Å². The van der Waals surface area contributed by atoms with Gasteiger partial charge >= 0.3 is 0 Å². The van der Waals surface area contributed by atoms with Crippen molar-refractivity contribution in [1.82, 2.24) is 4.90 Å². The van der Waals surface area contributed by atoms with Crippen LogP contribution < -0.4 is 0 Å². The fourth-order valence-corrected chi connectivity index (χ4v) is 5.80. The molecule has 0 spiro atoms. The molecule has 0 bridgehead atoms. The smallest absolute Gasteiger partial charge is 0.141 e. The monoisotopic (exact) mass is 447 g/mol. The molecule has 3 nitrogen and oxygen atoms in total. The SMILES string of the molecule is OC(C1CCCCCC1)C(CCN1CC=C(c2cc(F)cc3ccoc23)C1)c1ccccc1. The Labute approximate surface area is 195 Å². The summed E-state index contributed by atoms with van der Waals surface area (Å²) in [7, 11) is 0. The van der Waals surface area contributed by atoms with Gasteiger partial charge in [0.2, 0.25) is 0 Å². The van der Waals surface area contributed by atoms with Crippen molar-refractivity contribution in [1.29, 1.82) is 0 Å². The first kappa shape index (κ1) is 22.4. The highest BCUT2D eigenvalue weighted by molar-refractivity contribution is 5.90. The van der Waals surface area contributed by atoms with Gasteiger partial charge in [-0.1, -0.05) is 62.1 Å². The van der Waals surface area contributed by atoms with Crippen LogP contribution in [0.2, 0.25) is 0 Å². The van der Waals surface area contributed by atoms with Crippen molar-refractivity contribution in [3.63, 3.8) is 0 Å². The maximum absolute atomic E-state index is 14.2. The molecule has 1 aliphatic heterocycles. The van der Waals surface area contributed by atoms with E-state index in [0.29, 0.717) is 5.92 Å². The Hall–Kier alpha value is -2.43. The number of nitrogens with zero attached hydrogens (tertiary/aromatic N) is 1. The average molecular weight is 448 g/mol. The van der Waals surface area contributed by atoms with Crippen molar-refractivity contribution in [3.8, 4) is 0 Å². The first-order valence-corrected chi connectivity index (χ1v) is 12.5. The Balaban J connectivity index is 1.27. The Bertz CT molecular complexity index is 1080. The van der Waals surface area contributed by atoms with E-state index in [0.717, 1.165) is 61.0 Å². The highest BCUT2D eigenvalue weighted by Crippen LogP contribution is 2.36. The van der Waals surface area contributed by atoms with Gasteiger partial charge in [-0.2, -0.15) is 0 Å². The van der Waals surface area contributed by atoms with E-state index in [9.17, 15) is 9.50 Å². The fraction of sp³-hybridized carbons (Fsp3) is 0.448. The minimum absolute atomic E-state index is 0.143. The standard InChI is InChI=1S/C29H34FNO2/c30-25-18-23-14-17-33-29(23)27(19-25)24-12-15-31(20-24)16-13-26(21-8-6-3-7-9-21)28(32)22-10-4-1-2-5-11-22/h3,6-9,12,14,17-19,22,26,28,32H,1-2,4-5,10-11,13,15-16,20H2. The summed E-state index contributed by atoms with van der Waals surface area (Å²) in [5.74, 6) is 0.308. The van der Waals surface area contributed by atoms with Crippen LogP contribution in [0, 0.1) is 11.7 Å². The van der Waals surface area contributed by atoms with Gasteiger partial charge in [0.25, 0.3) is 0 Å². The van der Waals surface area contributed by atoms with E-state index < -0.39 is 0 Å². The normalized spacial score (nSPS) is 20.0. The van der Waals surface area contributed by atoms with Gasteiger partial charge in [-0.25, -0.2) is 4.39 Å². The minimum atomic E-state index is -0.300. The second kappa shape index (κ2) is 10.2. The van der Waals surface area contributed by atoms with Crippen molar-refractivity contribution >= 4 is 16.5 Å². The van der Waals surface area contributed by atoms with Crippen LogP contribution in [0.5, 0.6) is 0 Å². The van der Waals surface area contributed by atoms with Gasteiger partial charge in [0, 0.05) is 30.0 Å². The van der Waals surface area contributed by atoms with Gasteiger partial charge in [0.05, 0.1) is 12.4 Å².